The Morgan fingerprint density at radius 1 is 1.59 bits per heavy atom. The molecule has 0 radical (unpaired) electrons. The predicted molar refractivity (Wildman–Crippen MR) is 67.1 cm³/mol. The minimum Gasteiger partial charge on any atom is -0.359 e. The number of hydrogen-bond donors (Lipinski definition) is 2. The second-order valence-corrected chi connectivity index (χ2v) is 3.97. The van der Waals surface area contributed by atoms with Crippen molar-refractivity contribution in [1.29, 1.82) is 0 Å². The van der Waals surface area contributed by atoms with E-state index < -0.39 is 0 Å². The van der Waals surface area contributed by atoms with E-state index in [1.54, 1.807) is 13.2 Å². The molecule has 1 aromatic heterocycles. The molecule has 5 heteroatoms. The number of pyridine rings is 1. The molecular formula is C12H20N4O. The van der Waals surface area contributed by atoms with Crippen LogP contribution in [0.2, 0.25) is 0 Å². The molecule has 1 heterocycles. The topological polar surface area (TPSA) is 71.2 Å². The van der Waals surface area contributed by atoms with E-state index in [0.29, 0.717) is 13.0 Å². The van der Waals surface area contributed by atoms with Crippen molar-refractivity contribution in [3.8, 4) is 0 Å². The largest absolute Gasteiger partial charge is 0.359 e. The summed E-state index contributed by atoms with van der Waals surface area (Å²) in [6.07, 6.45) is 2.25. The zero-order chi connectivity index (χ0) is 12.7. The number of aromatic nitrogens is 1. The van der Waals surface area contributed by atoms with E-state index in [1.807, 2.05) is 19.2 Å². The molecule has 0 aliphatic rings. The summed E-state index contributed by atoms with van der Waals surface area (Å²) < 4.78 is 0. The van der Waals surface area contributed by atoms with Gasteiger partial charge in [0.25, 0.3) is 0 Å². The Labute approximate surface area is 102 Å². The predicted octanol–water partition coefficient (Wildman–Crippen LogP) is 0.108. The maximum atomic E-state index is 11.1. The van der Waals surface area contributed by atoms with Gasteiger partial charge in [0.2, 0.25) is 5.91 Å². The number of carbonyl (C=O) groups is 1. The summed E-state index contributed by atoms with van der Waals surface area (Å²) in [5, 5.41) is 2.61. The van der Waals surface area contributed by atoms with Crippen LogP contribution in [0.1, 0.15) is 17.7 Å². The standard InChI is InChI=1S/C12H20N4O/c1-14-12(17)5-7-16(2)9-10-4-3-6-15-11(10)8-13/h3-4,6H,5,7-9,13H2,1-2H3,(H,14,17). The van der Waals surface area contributed by atoms with Gasteiger partial charge in [0, 0.05) is 39.3 Å². The van der Waals surface area contributed by atoms with Crippen molar-refractivity contribution >= 4 is 5.91 Å². The highest BCUT2D eigenvalue weighted by molar-refractivity contribution is 5.75. The quantitative estimate of drug-likeness (QED) is 0.735. The number of carbonyl (C=O) groups excluding carboxylic acids is 1. The van der Waals surface area contributed by atoms with Gasteiger partial charge in [-0.15, -0.1) is 0 Å². The molecule has 1 rings (SSSR count). The molecule has 0 bridgehead atoms. The van der Waals surface area contributed by atoms with Crippen LogP contribution in [0.3, 0.4) is 0 Å². The van der Waals surface area contributed by atoms with Crippen molar-refractivity contribution in [3.63, 3.8) is 0 Å². The fourth-order valence-electron chi connectivity index (χ4n) is 1.59. The minimum atomic E-state index is 0.0575. The SMILES string of the molecule is CNC(=O)CCN(C)Cc1cccnc1CN. The molecule has 0 aromatic carbocycles. The maximum Gasteiger partial charge on any atom is 0.221 e. The third-order valence-electron chi connectivity index (χ3n) is 2.62. The highest BCUT2D eigenvalue weighted by Gasteiger charge is 2.06. The van der Waals surface area contributed by atoms with Crippen molar-refractivity contribution in [2.45, 2.75) is 19.5 Å². The van der Waals surface area contributed by atoms with Crippen LogP contribution < -0.4 is 11.1 Å². The second kappa shape index (κ2) is 6.98. The molecule has 94 valence electrons. The third-order valence-corrected chi connectivity index (χ3v) is 2.62. The van der Waals surface area contributed by atoms with Gasteiger partial charge in [-0.2, -0.15) is 0 Å². The fourth-order valence-corrected chi connectivity index (χ4v) is 1.59. The van der Waals surface area contributed by atoms with Crippen molar-refractivity contribution in [2.24, 2.45) is 5.73 Å². The molecule has 0 unspecified atom stereocenters. The first-order valence-corrected chi connectivity index (χ1v) is 5.69. The Hall–Kier alpha value is -1.46. The number of nitrogens with zero attached hydrogens (tertiary/aromatic N) is 2. The molecule has 17 heavy (non-hydrogen) atoms. The summed E-state index contributed by atoms with van der Waals surface area (Å²) in [6.45, 7) is 1.93. The van der Waals surface area contributed by atoms with Gasteiger partial charge in [-0.05, 0) is 18.7 Å². The molecule has 5 nitrogen and oxygen atoms in total. The van der Waals surface area contributed by atoms with Gasteiger partial charge >= 0.3 is 0 Å². The van der Waals surface area contributed by atoms with Gasteiger partial charge in [-0.3, -0.25) is 9.78 Å². The van der Waals surface area contributed by atoms with Crippen molar-refractivity contribution < 1.29 is 4.79 Å². The van der Waals surface area contributed by atoms with Gasteiger partial charge in [0.15, 0.2) is 0 Å². The van der Waals surface area contributed by atoms with Crippen LogP contribution in [0.4, 0.5) is 0 Å². The highest BCUT2D eigenvalue weighted by Crippen LogP contribution is 2.07. The Balaban J connectivity index is 2.50. The molecule has 3 N–H and O–H groups in total. The Bertz CT molecular complexity index is 367. The molecule has 0 aliphatic carbocycles. The van der Waals surface area contributed by atoms with E-state index in [1.165, 1.54) is 0 Å². The number of rotatable bonds is 6. The van der Waals surface area contributed by atoms with Crippen LogP contribution in [-0.2, 0) is 17.9 Å². The van der Waals surface area contributed by atoms with Crippen LogP contribution >= 0.6 is 0 Å². The lowest BCUT2D eigenvalue weighted by Gasteiger charge is -2.17. The number of nitrogens with two attached hydrogens (primary N) is 1. The Kier molecular flexibility index (Phi) is 5.59. The lowest BCUT2D eigenvalue weighted by atomic mass is 10.2. The van der Waals surface area contributed by atoms with Gasteiger partial charge in [-0.25, -0.2) is 0 Å². The lowest BCUT2D eigenvalue weighted by Crippen LogP contribution is -2.26. The highest BCUT2D eigenvalue weighted by atomic mass is 16.1. The average Bonchev–Trinajstić information content (AvgIpc) is 2.36. The summed E-state index contributed by atoms with van der Waals surface area (Å²) in [5.41, 5.74) is 7.66. The van der Waals surface area contributed by atoms with Crippen molar-refractivity contribution in [2.75, 3.05) is 20.6 Å². The summed E-state index contributed by atoms with van der Waals surface area (Å²) >= 11 is 0. The molecule has 0 aliphatic heterocycles. The van der Waals surface area contributed by atoms with E-state index in [9.17, 15) is 4.79 Å². The summed E-state index contributed by atoms with van der Waals surface area (Å²) in [4.78, 5) is 17.4. The van der Waals surface area contributed by atoms with E-state index in [0.717, 1.165) is 24.3 Å². The summed E-state index contributed by atoms with van der Waals surface area (Å²) in [5.74, 6) is 0.0575. The zero-order valence-electron chi connectivity index (χ0n) is 10.4. The average molecular weight is 236 g/mol. The van der Waals surface area contributed by atoms with E-state index >= 15 is 0 Å². The first kappa shape index (κ1) is 13.6. The minimum absolute atomic E-state index is 0.0575. The molecule has 1 amide bonds. The number of nitrogens with one attached hydrogen (secondary N) is 1. The molecular weight excluding hydrogens is 216 g/mol. The molecule has 0 saturated heterocycles. The summed E-state index contributed by atoms with van der Waals surface area (Å²) in [7, 11) is 3.63. The number of hydrogen-bond acceptors (Lipinski definition) is 4. The first-order valence-electron chi connectivity index (χ1n) is 5.69. The molecule has 0 saturated carbocycles. The lowest BCUT2D eigenvalue weighted by molar-refractivity contribution is -0.120. The summed E-state index contributed by atoms with van der Waals surface area (Å²) in [6, 6.07) is 3.92. The number of amides is 1. The Morgan fingerprint density at radius 2 is 2.35 bits per heavy atom. The molecule has 0 fully saturated rings. The van der Waals surface area contributed by atoms with Crippen LogP contribution in [0.25, 0.3) is 0 Å². The Morgan fingerprint density at radius 3 is 3.00 bits per heavy atom. The molecule has 1 aromatic rings. The molecule has 0 atom stereocenters. The van der Waals surface area contributed by atoms with Gasteiger partial charge in [0.1, 0.15) is 0 Å². The third kappa shape index (κ3) is 4.50. The van der Waals surface area contributed by atoms with E-state index in [4.69, 9.17) is 5.73 Å². The smallest absolute Gasteiger partial charge is 0.221 e. The molecule has 0 spiro atoms. The fraction of sp³-hybridized carbons (Fsp3) is 0.500. The van der Waals surface area contributed by atoms with Crippen molar-refractivity contribution in [1.82, 2.24) is 15.2 Å². The monoisotopic (exact) mass is 236 g/mol. The zero-order valence-corrected chi connectivity index (χ0v) is 10.4. The maximum absolute atomic E-state index is 11.1. The van der Waals surface area contributed by atoms with E-state index in [2.05, 4.69) is 15.2 Å². The van der Waals surface area contributed by atoms with Crippen molar-refractivity contribution in [3.05, 3.63) is 29.6 Å². The van der Waals surface area contributed by atoms with Crippen LogP contribution in [0.15, 0.2) is 18.3 Å². The second-order valence-electron chi connectivity index (χ2n) is 3.97. The normalized spacial score (nSPS) is 10.6. The van der Waals surface area contributed by atoms with Crippen LogP contribution in [0, 0.1) is 0 Å². The first-order chi connectivity index (χ1) is 8.17. The van der Waals surface area contributed by atoms with E-state index in [-0.39, 0.29) is 5.91 Å². The van der Waals surface area contributed by atoms with Crippen LogP contribution in [-0.4, -0.2) is 36.4 Å². The van der Waals surface area contributed by atoms with Gasteiger partial charge in [-0.1, -0.05) is 6.07 Å². The van der Waals surface area contributed by atoms with Crippen LogP contribution in [0.5, 0.6) is 0 Å². The van der Waals surface area contributed by atoms with Gasteiger partial charge < -0.3 is 16.0 Å². The van der Waals surface area contributed by atoms with Gasteiger partial charge in [0.05, 0.1) is 5.69 Å².